The highest BCUT2D eigenvalue weighted by Crippen LogP contribution is 2.22. The minimum absolute atomic E-state index is 1.06. The molecule has 0 radical (unpaired) electrons. The quantitative estimate of drug-likeness (QED) is 0.747. The molecule has 1 heteroatoms. The highest BCUT2D eigenvalue weighted by atomic mass is 14.7. The van der Waals surface area contributed by atoms with E-state index in [2.05, 4.69) is 55.2 Å². The molecule has 0 saturated carbocycles. The number of aryl methyl sites for hydroxylation is 2. The molecule has 0 atom stereocenters. The molecule has 2 aromatic rings. The first kappa shape index (κ1) is 10.9. The Morgan fingerprint density at radius 1 is 1.06 bits per heavy atom. The SMILES string of the molecule is CCCc1ccc(-c2ccccc2C)cn1. The third-order valence-electron chi connectivity index (χ3n) is 2.79. The summed E-state index contributed by atoms with van der Waals surface area (Å²) in [5, 5.41) is 0. The molecule has 0 spiro atoms. The van der Waals surface area contributed by atoms with Gasteiger partial charge < -0.3 is 0 Å². The summed E-state index contributed by atoms with van der Waals surface area (Å²) >= 11 is 0. The van der Waals surface area contributed by atoms with Gasteiger partial charge in [0.25, 0.3) is 0 Å². The second-order valence-corrected chi connectivity index (χ2v) is 4.10. The van der Waals surface area contributed by atoms with Crippen molar-refractivity contribution >= 4 is 0 Å². The lowest BCUT2D eigenvalue weighted by atomic mass is 10.0. The molecule has 0 bridgehead atoms. The summed E-state index contributed by atoms with van der Waals surface area (Å²) in [4.78, 5) is 4.49. The zero-order valence-electron chi connectivity index (χ0n) is 9.90. The van der Waals surface area contributed by atoms with Gasteiger partial charge >= 0.3 is 0 Å². The number of rotatable bonds is 3. The average Bonchev–Trinajstić information content (AvgIpc) is 2.31. The molecule has 0 N–H and O–H groups in total. The number of pyridine rings is 1. The van der Waals surface area contributed by atoms with Crippen molar-refractivity contribution in [2.75, 3.05) is 0 Å². The Morgan fingerprint density at radius 3 is 2.50 bits per heavy atom. The highest BCUT2D eigenvalue weighted by Gasteiger charge is 2.01. The molecular formula is C15H17N. The monoisotopic (exact) mass is 211 g/mol. The van der Waals surface area contributed by atoms with E-state index in [-0.39, 0.29) is 0 Å². The standard InChI is InChI=1S/C15H17N/c1-3-6-14-10-9-13(11-16-14)15-8-5-4-7-12(15)2/h4-5,7-11H,3,6H2,1-2H3. The van der Waals surface area contributed by atoms with Crippen LogP contribution in [0.2, 0.25) is 0 Å². The van der Waals surface area contributed by atoms with E-state index in [1.807, 2.05) is 6.20 Å². The first-order valence-electron chi connectivity index (χ1n) is 5.82. The molecule has 0 aliphatic rings. The predicted octanol–water partition coefficient (Wildman–Crippen LogP) is 4.01. The summed E-state index contributed by atoms with van der Waals surface area (Å²) < 4.78 is 0. The maximum Gasteiger partial charge on any atom is 0.0403 e. The summed E-state index contributed by atoms with van der Waals surface area (Å²) in [6.07, 6.45) is 4.19. The van der Waals surface area contributed by atoms with Gasteiger partial charge in [-0.1, -0.05) is 43.7 Å². The first-order chi connectivity index (χ1) is 7.81. The highest BCUT2D eigenvalue weighted by molar-refractivity contribution is 5.66. The van der Waals surface area contributed by atoms with Crippen LogP contribution >= 0.6 is 0 Å². The van der Waals surface area contributed by atoms with Crippen LogP contribution in [0.1, 0.15) is 24.6 Å². The van der Waals surface area contributed by atoms with Gasteiger partial charge in [-0.2, -0.15) is 0 Å². The van der Waals surface area contributed by atoms with Crippen LogP contribution < -0.4 is 0 Å². The Hall–Kier alpha value is -1.63. The Labute approximate surface area is 97.2 Å². The van der Waals surface area contributed by atoms with Gasteiger partial charge in [-0.25, -0.2) is 0 Å². The van der Waals surface area contributed by atoms with Crippen LogP contribution in [-0.4, -0.2) is 4.98 Å². The van der Waals surface area contributed by atoms with Crippen LogP contribution in [0.3, 0.4) is 0 Å². The van der Waals surface area contributed by atoms with Gasteiger partial charge in [0.05, 0.1) is 0 Å². The summed E-state index contributed by atoms with van der Waals surface area (Å²) in [5.41, 5.74) is 4.96. The smallest absolute Gasteiger partial charge is 0.0403 e. The second kappa shape index (κ2) is 4.93. The van der Waals surface area contributed by atoms with Crippen molar-refractivity contribution < 1.29 is 0 Å². The number of benzene rings is 1. The van der Waals surface area contributed by atoms with Crippen molar-refractivity contribution in [3.63, 3.8) is 0 Å². The van der Waals surface area contributed by atoms with Crippen LogP contribution in [0.15, 0.2) is 42.6 Å². The summed E-state index contributed by atoms with van der Waals surface area (Å²) in [7, 11) is 0. The topological polar surface area (TPSA) is 12.9 Å². The molecule has 0 fully saturated rings. The summed E-state index contributed by atoms with van der Waals surface area (Å²) in [5.74, 6) is 0. The van der Waals surface area contributed by atoms with Crippen molar-refractivity contribution in [1.82, 2.24) is 4.98 Å². The van der Waals surface area contributed by atoms with E-state index in [4.69, 9.17) is 0 Å². The second-order valence-electron chi connectivity index (χ2n) is 4.10. The van der Waals surface area contributed by atoms with E-state index in [0.717, 1.165) is 12.8 Å². The molecular weight excluding hydrogens is 194 g/mol. The van der Waals surface area contributed by atoms with Crippen molar-refractivity contribution in [3.8, 4) is 11.1 Å². The fraction of sp³-hybridized carbons (Fsp3) is 0.267. The Kier molecular flexibility index (Phi) is 3.35. The fourth-order valence-electron chi connectivity index (χ4n) is 1.88. The van der Waals surface area contributed by atoms with Crippen LogP contribution in [0.25, 0.3) is 11.1 Å². The van der Waals surface area contributed by atoms with Crippen molar-refractivity contribution in [1.29, 1.82) is 0 Å². The molecule has 16 heavy (non-hydrogen) atoms. The fourth-order valence-corrected chi connectivity index (χ4v) is 1.88. The van der Waals surface area contributed by atoms with Crippen molar-refractivity contribution in [2.24, 2.45) is 0 Å². The zero-order chi connectivity index (χ0) is 11.4. The van der Waals surface area contributed by atoms with Gasteiger partial charge in [-0.3, -0.25) is 4.98 Å². The lowest BCUT2D eigenvalue weighted by molar-refractivity contribution is 0.883. The molecule has 0 aliphatic heterocycles. The van der Waals surface area contributed by atoms with E-state index in [1.54, 1.807) is 0 Å². The van der Waals surface area contributed by atoms with Crippen LogP contribution in [0.4, 0.5) is 0 Å². The third-order valence-corrected chi connectivity index (χ3v) is 2.79. The van der Waals surface area contributed by atoms with Gasteiger partial charge in [0.2, 0.25) is 0 Å². The van der Waals surface area contributed by atoms with E-state index in [1.165, 1.54) is 22.4 Å². The molecule has 1 aromatic heterocycles. The normalized spacial score (nSPS) is 10.4. The maximum absolute atomic E-state index is 4.49. The average molecular weight is 211 g/mol. The molecule has 0 amide bonds. The van der Waals surface area contributed by atoms with Crippen LogP contribution in [0.5, 0.6) is 0 Å². The Bertz CT molecular complexity index is 457. The van der Waals surface area contributed by atoms with E-state index < -0.39 is 0 Å². The number of hydrogen-bond acceptors (Lipinski definition) is 1. The lowest BCUT2D eigenvalue weighted by Crippen LogP contribution is -1.90. The minimum Gasteiger partial charge on any atom is -0.261 e. The van der Waals surface area contributed by atoms with Gasteiger partial charge in [-0.05, 0) is 30.5 Å². The minimum atomic E-state index is 1.06. The predicted molar refractivity (Wildman–Crippen MR) is 68.4 cm³/mol. The summed E-state index contributed by atoms with van der Waals surface area (Å²) in [6, 6.07) is 12.7. The molecule has 0 unspecified atom stereocenters. The van der Waals surface area contributed by atoms with Crippen molar-refractivity contribution in [3.05, 3.63) is 53.9 Å². The lowest BCUT2D eigenvalue weighted by Gasteiger charge is -2.06. The van der Waals surface area contributed by atoms with Crippen LogP contribution in [0, 0.1) is 6.92 Å². The first-order valence-corrected chi connectivity index (χ1v) is 5.82. The van der Waals surface area contributed by atoms with Gasteiger partial charge in [-0.15, -0.1) is 0 Å². The molecule has 0 aliphatic carbocycles. The largest absolute Gasteiger partial charge is 0.261 e. The van der Waals surface area contributed by atoms with Crippen LogP contribution in [-0.2, 0) is 6.42 Å². The van der Waals surface area contributed by atoms with Gasteiger partial charge in [0.15, 0.2) is 0 Å². The van der Waals surface area contributed by atoms with E-state index in [9.17, 15) is 0 Å². The molecule has 1 aromatic carbocycles. The molecule has 82 valence electrons. The molecule has 1 heterocycles. The number of aromatic nitrogens is 1. The number of hydrogen-bond donors (Lipinski definition) is 0. The number of nitrogens with zero attached hydrogens (tertiary/aromatic N) is 1. The Balaban J connectivity index is 2.31. The molecule has 1 nitrogen and oxygen atoms in total. The van der Waals surface area contributed by atoms with Gasteiger partial charge in [0.1, 0.15) is 0 Å². The molecule has 2 rings (SSSR count). The zero-order valence-corrected chi connectivity index (χ0v) is 9.90. The van der Waals surface area contributed by atoms with Crippen molar-refractivity contribution in [2.45, 2.75) is 26.7 Å². The van der Waals surface area contributed by atoms with E-state index >= 15 is 0 Å². The maximum atomic E-state index is 4.49. The van der Waals surface area contributed by atoms with Gasteiger partial charge in [0, 0.05) is 17.5 Å². The third kappa shape index (κ3) is 2.30. The molecule has 0 saturated heterocycles. The summed E-state index contributed by atoms with van der Waals surface area (Å²) in [6.45, 7) is 4.31. The van der Waals surface area contributed by atoms with E-state index in [0.29, 0.717) is 0 Å². The Morgan fingerprint density at radius 2 is 1.88 bits per heavy atom.